The molecule has 2 heterocycles. The van der Waals surface area contributed by atoms with E-state index < -0.39 is 0 Å². The van der Waals surface area contributed by atoms with Crippen molar-refractivity contribution >= 4 is 0 Å². The van der Waals surface area contributed by atoms with Crippen LogP contribution in [0.3, 0.4) is 0 Å². The molecule has 4 rings (SSSR count). The minimum absolute atomic E-state index is 0.0679. The predicted octanol–water partition coefficient (Wildman–Crippen LogP) is 4.80. The minimum atomic E-state index is -0.0679. The number of rotatable bonds is 1. The van der Waals surface area contributed by atoms with Crippen LogP contribution in [0.2, 0.25) is 0 Å². The second-order valence-corrected chi connectivity index (χ2v) is 7.89. The molecular weight excluding hydrogens is 304 g/mol. The Morgan fingerprint density at radius 2 is 1.64 bits per heavy atom. The summed E-state index contributed by atoms with van der Waals surface area (Å²) >= 11 is 0. The van der Waals surface area contributed by atoms with Crippen LogP contribution in [0.25, 0.3) is 22.4 Å². The van der Waals surface area contributed by atoms with Crippen LogP contribution < -0.4 is 4.57 Å². The van der Waals surface area contributed by atoms with E-state index in [1.165, 1.54) is 44.8 Å². The van der Waals surface area contributed by atoms with Gasteiger partial charge in [0.1, 0.15) is 7.05 Å². The first-order valence-corrected chi connectivity index (χ1v) is 8.89. The molecule has 1 aromatic carbocycles. The molecule has 0 radical (unpaired) electrons. The fourth-order valence-electron chi connectivity index (χ4n) is 4.04. The van der Waals surface area contributed by atoms with Gasteiger partial charge in [0.05, 0.1) is 5.69 Å². The molecule has 0 amide bonds. The van der Waals surface area contributed by atoms with Crippen LogP contribution in [0.5, 0.6) is 0 Å². The third kappa shape index (κ3) is 2.31. The van der Waals surface area contributed by atoms with Gasteiger partial charge in [-0.15, -0.1) is 0 Å². The van der Waals surface area contributed by atoms with Gasteiger partial charge in [-0.2, -0.15) is 0 Å². The van der Waals surface area contributed by atoms with Gasteiger partial charge in [0, 0.05) is 34.4 Å². The third-order valence-corrected chi connectivity index (χ3v) is 5.54. The van der Waals surface area contributed by atoms with E-state index in [0.29, 0.717) is 0 Å². The molecule has 0 bridgehead atoms. The highest BCUT2D eigenvalue weighted by Crippen LogP contribution is 2.49. The highest BCUT2D eigenvalue weighted by Gasteiger charge is 2.38. The van der Waals surface area contributed by atoms with Crippen LogP contribution in [-0.2, 0) is 12.5 Å². The smallest absolute Gasteiger partial charge is 0.212 e. The minimum Gasteiger partial charge on any atom is -0.257 e. The zero-order valence-corrected chi connectivity index (χ0v) is 15.9. The van der Waals surface area contributed by atoms with Crippen LogP contribution >= 0.6 is 0 Å². The maximum absolute atomic E-state index is 4.88. The lowest BCUT2D eigenvalue weighted by Gasteiger charge is -2.21. The molecule has 0 spiro atoms. The number of fused-ring (bicyclic) bond motifs is 3. The molecule has 126 valence electrons. The summed E-state index contributed by atoms with van der Waals surface area (Å²) in [5.41, 5.74) is 11.4. The van der Waals surface area contributed by atoms with Gasteiger partial charge in [-0.1, -0.05) is 26.0 Å². The van der Waals surface area contributed by atoms with E-state index in [1.54, 1.807) is 0 Å². The number of aryl methyl sites for hydroxylation is 4. The number of nitrogens with zero attached hydrogens (tertiary/aromatic N) is 2. The van der Waals surface area contributed by atoms with Crippen molar-refractivity contribution in [2.75, 3.05) is 0 Å². The lowest BCUT2D eigenvalue weighted by Crippen LogP contribution is -2.30. The van der Waals surface area contributed by atoms with E-state index >= 15 is 0 Å². The molecule has 0 fully saturated rings. The highest BCUT2D eigenvalue weighted by molar-refractivity contribution is 5.83. The Balaban J connectivity index is 2.00. The van der Waals surface area contributed by atoms with E-state index in [-0.39, 0.29) is 5.41 Å². The SMILES string of the molecule is Cc1cc[n+](C)c(-c2cc3c(cc2C)-c2ccc(C)nc2C3(C)C)c1. The van der Waals surface area contributed by atoms with Crippen molar-refractivity contribution in [1.29, 1.82) is 0 Å². The first-order valence-electron chi connectivity index (χ1n) is 8.89. The van der Waals surface area contributed by atoms with E-state index in [9.17, 15) is 0 Å². The van der Waals surface area contributed by atoms with E-state index in [2.05, 4.69) is 88.8 Å². The Morgan fingerprint density at radius 1 is 0.880 bits per heavy atom. The Morgan fingerprint density at radius 3 is 2.40 bits per heavy atom. The van der Waals surface area contributed by atoms with E-state index in [0.717, 1.165) is 5.69 Å². The third-order valence-electron chi connectivity index (χ3n) is 5.54. The van der Waals surface area contributed by atoms with Gasteiger partial charge in [-0.25, -0.2) is 4.57 Å². The van der Waals surface area contributed by atoms with Crippen molar-refractivity contribution in [1.82, 2.24) is 4.98 Å². The largest absolute Gasteiger partial charge is 0.257 e. The zero-order valence-electron chi connectivity index (χ0n) is 15.9. The normalized spacial score (nSPS) is 14.3. The Hall–Kier alpha value is -2.48. The summed E-state index contributed by atoms with van der Waals surface area (Å²) in [5.74, 6) is 0. The monoisotopic (exact) mass is 329 g/mol. The molecule has 25 heavy (non-hydrogen) atoms. The molecule has 0 saturated heterocycles. The fourth-order valence-corrected chi connectivity index (χ4v) is 4.04. The van der Waals surface area contributed by atoms with Crippen molar-refractivity contribution in [2.45, 2.75) is 40.0 Å². The van der Waals surface area contributed by atoms with Gasteiger partial charge in [-0.3, -0.25) is 4.98 Å². The summed E-state index contributed by atoms with van der Waals surface area (Å²) in [6, 6.07) is 13.5. The van der Waals surface area contributed by atoms with Crippen LogP contribution in [0.4, 0.5) is 0 Å². The molecule has 0 unspecified atom stereocenters. The lowest BCUT2D eigenvalue weighted by atomic mass is 9.83. The van der Waals surface area contributed by atoms with Crippen LogP contribution in [-0.4, -0.2) is 4.98 Å². The number of hydrogen-bond donors (Lipinski definition) is 0. The second kappa shape index (κ2) is 5.26. The van der Waals surface area contributed by atoms with Gasteiger partial charge in [0.2, 0.25) is 5.69 Å². The van der Waals surface area contributed by atoms with Crippen molar-refractivity contribution in [2.24, 2.45) is 7.05 Å². The van der Waals surface area contributed by atoms with Crippen molar-refractivity contribution in [3.63, 3.8) is 0 Å². The van der Waals surface area contributed by atoms with Crippen LogP contribution in [0, 0.1) is 20.8 Å². The van der Waals surface area contributed by atoms with Gasteiger partial charge >= 0.3 is 0 Å². The van der Waals surface area contributed by atoms with Crippen LogP contribution in [0.1, 0.15) is 41.9 Å². The van der Waals surface area contributed by atoms with Crippen molar-refractivity contribution < 1.29 is 4.57 Å². The van der Waals surface area contributed by atoms with Gasteiger partial charge in [0.15, 0.2) is 6.20 Å². The van der Waals surface area contributed by atoms with Gasteiger partial charge < -0.3 is 0 Å². The number of benzene rings is 1. The molecular formula is C23H25N2+. The summed E-state index contributed by atoms with van der Waals surface area (Å²) in [4.78, 5) is 4.88. The van der Waals surface area contributed by atoms with Crippen molar-refractivity contribution in [3.05, 3.63) is 70.7 Å². The maximum Gasteiger partial charge on any atom is 0.212 e. The number of hydrogen-bond acceptors (Lipinski definition) is 1. The maximum atomic E-state index is 4.88. The average molecular weight is 329 g/mol. The van der Waals surface area contributed by atoms with Gasteiger partial charge in [0.25, 0.3) is 0 Å². The predicted molar refractivity (Wildman–Crippen MR) is 103 cm³/mol. The topological polar surface area (TPSA) is 16.8 Å². The Kier molecular flexibility index (Phi) is 3.37. The summed E-state index contributed by atoms with van der Waals surface area (Å²) in [6.07, 6.45) is 2.14. The molecule has 3 aromatic rings. The summed E-state index contributed by atoms with van der Waals surface area (Å²) in [5, 5.41) is 0. The lowest BCUT2D eigenvalue weighted by molar-refractivity contribution is -0.660. The molecule has 2 nitrogen and oxygen atoms in total. The quantitative estimate of drug-likeness (QED) is 0.586. The fraction of sp³-hybridized carbons (Fsp3) is 0.304. The Bertz CT molecular complexity index is 1010. The average Bonchev–Trinajstić information content (AvgIpc) is 2.76. The first kappa shape index (κ1) is 16.0. The Labute approximate surface area is 150 Å². The second-order valence-electron chi connectivity index (χ2n) is 7.89. The molecule has 0 aliphatic heterocycles. The number of aromatic nitrogens is 2. The molecule has 1 aliphatic carbocycles. The molecule has 0 atom stereocenters. The summed E-state index contributed by atoms with van der Waals surface area (Å²) < 4.78 is 2.21. The summed E-state index contributed by atoms with van der Waals surface area (Å²) in [7, 11) is 2.12. The molecule has 0 N–H and O–H groups in total. The molecule has 0 saturated carbocycles. The standard InChI is InChI=1S/C23H25N2/c1-14-9-10-25(6)21(11-14)18-13-20-19(12-15(18)2)17-8-7-16(3)24-22(17)23(20,4)5/h7-13H,1-6H3/q+1. The molecule has 2 aromatic heterocycles. The first-order chi connectivity index (χ1) is 11.8. The summed E-state index contributed by atoms with van der Waals surface area (Å²) in [6.45, 7) is 11.0. The van der Waals surface area contributed by atoms with Gasteiger partial charge in [-0.05, 0) is 55.2 Å². The molecule has 1 aliphatic rings. The highest BCUT2D eigenvalue weighted by atomic mass is 14.9. The number of pyridine rings is 2. The van der Waals surface area contributed by atoms with E-state index in [1.807, 2.05) is 0 Å². The van der Waals surface area contributed by atoms with Crippen LogP contribution in [0.15, 0.2) is 42.6 Å². The molecule has 2 heteroatoms. The van der Waals surface area contributed by atoms with E-state index in [4.69, 9.17) is 4.98 Å². The zero-order chi connectivity index (χ0) is 17.9. The van der Waals surface area contributed by atoms with Crippen molar-refractivity contribution in [3.8, 4) is 22.4 Å².